The second-order valence-electron chi connectivity index (χ2n) is 4.30. The first kappa shape index (κ1) is 12.9. The highest BCUT2D eigenvalue weighted by molar-refractivity contribution is 7.22. The number of benzene rings is 1. The summed E-state index contributed by atoms with van der Waals surface area (Å²) in [6.07, 6.45) is 0. The molecule has 0 saturated heterocycles. The Labute approximate surface area is 120 Å². The topological polar surface area (TPSA) is 52.3 Å². The van der Waals surface area contributed by atoms with E-state index in [2.05, 4.69) is 4.98 Å². The molecule has 4 nitrogen and oxygen atoms in total. The van der Waals surface area contributed by atoms with E-state index in [0.29, 0.717) is 18.2 Å². The van der Waals surface area contributed by atoms with Crippen molar-refractivity contribution in [1.82, 2.24) is 4.98 Å². The number of carbonyl (C=O) groups is 1. The van der Waals surface area contributed by atoms with Crippen LogP contribution in [0.25, 0.3) is 20.9 Å². The van der Waals surface area contributed by atoms with Gasteiger partial charge in [-0.15, -0.1) is 11.3 Å². The van der Waals surface area contributed by atoms with Crippen molar-refractivity contribution < 1.29 is 13.9 Å². The summed E-state index contributed by atoms with van der Waals surface area (Å²) >= 11 is 1.59. The fraction of sp³-hybridized carbons (Fsp3) is 0.200. The third kappa shape index (κ3) is 2.20. The number of hydrogen-bond acceptors (Lipinski definition) is 5. The van der Waals surface area contributed by atoms with Crippen molar-refractivity contribution in [2.75, 3.05) is 6.61 Å². The summed E-state index contributed by atoms with van der Waals surface area (Å²) in [6.45, 7) is 3.82. The molecule has 102 valence electrons. The summed E-state index contributed by atoms with van der Waals surface area (Å²) in [5.74, 6) is 0.177. The predicted molar refractivity (Wildman–Crippen MR) is 78.0 cm³/mol. The van der Waals surface area contributed by atoms with Crippen LogP contribution in [0.5, 0.6) is 0 Å². The lowest BCUT2D eigenvalue weighted by Crippen LogP contribution is -2.04. The summed E-state index contributed by atoms with van der Waals surface area (Å²) in [5, 5.41) is 1.14. The third-order valence-corrected chi connectivity index (χ3v) is 4.00. The molecular weight excluding hydrogens is 274 g/mol. The van der Waals surface area contributed by atoms with Crippen LogP contribution in [-0.2, 0) is 4.74 Å². The number of esters is 1. The highest BCUT2D eigenvalue weighted by atomic mass is 32.1. The molecule has 0 aliphatic rings. The molecule has 0 unspecified atom stereocenters. The molecule has 2 aromatic heterocycles. The molecule has 0 fully saturated rings. The van der Waals surface area contributed by atoms with Crippen LogP contribution in [0.4, 0.5) is 0 Å². The molecule has 20 heavy (non-hydrogen) atoms. The normalized spacial score (nSPS) is 10.9. The first-order valence-corrected chi connectivity index (χ1v) is 7.14. The van der Waals surface area contributed by atoms with Crippen LogP contribution >= 0.6 is 11.3 Å². The van der Waals surface area contributed by atoms with Crippen molar-refractivity contribution in [3.05, 3.63) is 41.8 Å². The van der Waals surface area contributed by atoms with Crippen LogP contribution in [0.2, 0.25) is 0 Å². The Hall–Kier alpha value is -2.14. The molecule has 0 aliphatic carbocycles. The van der Waals surface area contributed by atoms with Gasteiger partial charge in [0.25, 0.3) is 0 Å². The van der Waals surface area contributed by atoms with Gasteiger partial charge in [-0.25, -0.2) is 9.78 Å². The fourth-order valence-corrected chi connectivity index (χ4v) is 2.96. The zero-order valence-corrected chi connectivity index (χ0v) is 12.0. The highest BCUT2D eigenvalue weighted by Gasteiger charge is 2.20. The van der Waals surface area contributed by atoms with Gasteiger partial charge in [-0.1, -0.05) is 18.2 Å². The van der Waals surface area contributed by atoms with E-state index in [1.165, 1.54) is 0 Å². The summed E-state index contributed by atoms with van der Waals surface area (Å²) in [4.78, 5) is 17.0. The van der Waals surface area contributed by atoms with Crippen LogP contribution in [-0.4, -0.2) is 17.6 Å². The second kappa shape index (κ2) is 5.09. The predicted octanol–water partition coefficient (Wildman–Crippen LogP) is 4.04. The maximum atomic E-state index is 11.7. The van der Waals surface area contributed by atoms with Gasteiger partial charge < -0.3 is 9.15 Å². The average Bonchev–Trinajstić information content (AvgIpc) is 3.02. The number of aromatic nitrogens is 1. The van der Waals surface area contributed by atoms with E-state index in [1.807, 2.05) is 30.3 Å². The van der Waals surface area contributed by atoms with Crippen LogP contribution in [0.3, 0.4) is 0 Å². The zero-order valence-electron chi connectivity index (χ0n) is 11.2. The second-order valence-corrected chi connectivity index (χ2v) is 5.39. The molecule has 0 radical (unpaired) electrons. The van der Waals surface area contributed by atoms with Crippen molar-refractivity contribution in [3.63, 3.8) is 0 Å². The minimum Gasteiger partial charge on any atom is -0.460 e. The van der Waals surface area contributed by atoms with E-state index in [4.69, 9.17) is 9.15 Å². The Bertz CT molecular complexity index is 739. The maximum Gasteiger partial charge on any atom is 0.376 e. The van der Waals surface area contributed by atoms with E-state index in [0.717, 1.165) is 15.0 Å². The number of nitrogens with zero attached hydrogens (tertiary/aromatic N) is 1. The quantitative estimate of drug-likeness (QED) is 0.682. The van der Waals surface area contributed by atoms with Crippen molar-refractivity contribution in [1.29, 1.82) is 0 Å². The van der Waals surface area contributed by atoms with Gasteiger partial charge in [-0.3, -0.25) is 0 Å². The van der Waals surface area contributed by atoms with E-state index in [9.17, 15) is 4.79 Å². The van der Waals surface area contributed by atoms with E-state index >= 15 is 0 Å². The Morgan fingerprint density at radius 3 is 2.95 bits per heavy atom. The number of fused-ring (bicyclic) bond motifs is 1. The Morgan fingerprint density at radius 1 is 1.40 bits per heavy atom. The minimum atomic E-state index is -0.468. The molecule has 3 aromatic rings. The van der Waals surface area contributed by atoms with Crippen molar-refractivity contribution >= 4 is 27.4 Å². The van der Waals surface area contributed by atoms with E-state index < -0.39 is 5.97 Å². The standard InChI is InChI=1S/C15H13NO3S/c1-3-18-15(17)13-9(2)16-14(19-13)12-8-10-6-4-5-7-11(10)20-12/h4-8H,3H2,1-2H3. The summed E-state index contributed by atoms with van der Waals surface area (Å²) in [6, 6.07) is 10.1. The number of rotatable bonds is 3. The molecule has 0 spiro atoms. The van der Waals surface area contributed by atoms with Gasteiger partial charge in [0.1, 0.15) is 0 Å². The van der Waals surface area contributed by atoms with Gasteiger partial charge in [0.15, 0.2) is 0 Å². The smallest absolute Gasteiger partial charge is 0.376 e. The van der Waals surface area contributed by atoms with Crippen LogP contribution < -0.4 is 0 Å². The van der Waals surface area contributed by atoms with E-state index in [1.54, 1.807) is 25.2 Å². The molecule has 5 heteroatoms. The number of hydrogen-bond donors (Lipinski definition) is 0. The summed E-state index contributed by atoms with van der Waals surface area (Å²) in [5.41, 5.74) is 0.552. The SMILES string of the molecule is CCOC(=O)c1oc(-c2cc3ccccc3s2)nc1C. The number of aryl methyl sites for hydroxylation is 1. The summed E-state index contributed by atoms with van der Waals surface area (Å²) in [7, 11) is 0. The van der Waals surface area contributed by atoms with Gasteiger partial charge in [-0.05, 0) is 31.4 Å². The molecule has 3 rings (SSSR count). The lowest BCUT2D eigenvalue weighted by Gasteiger charge is -1.96. The molecule has 0 atom stereocenters. The largest absolute Gasteiger partial charge is 0.460 e. The van der Waals surface area contributed by atoms with Gasteiger partial charge >= 0.3 is 5.97 Å². The van der Waals surface area contributed by atoms with Gasteiger partial charge in [0.2, 0.25) is 11.7 Å². The number of oxazole rings is 1. The lowest BCUT2D eigenvalue weighted by atomic mass is 10.2. The number of ether oxygens (including phenoxy) is 1. The molecule has 0 amide bonds. The molecule has 0 aliphatic heterocycles. The Morgan fingerprint density at radius 2 is 2.20 bits per heavy atom. The molecule has 0 bridgehead atoms. The highest BCUT2D eigenvalue weighted by Crippen LogP contribution is 2.33. The van der Waals surface area contributed by atoms with Crippen LogP contribution in [0.15, 0.2) is 34.7 Å². The average molecular weight is 287 g/mol. The Balaban J connectivity index is 2.02. The third-order valence-electron chi connectivity index (χ3n) is 2.89. The zero-order chi connectivity index (χ0) is 14.1. The number of thiophene rings is 1. The molecule has 1 aromatic carbocycles. The lowest BCUT2D eigenvalue weighted by molar-refractivity contribution is 0.0490. The first-order chi connectivity index (χ1) is 9.69. The van der Waals surface area contributed by atoms with Crippen molar-refractivity contribution in [2.45, 2.75) is 13.8 Å². The fourth-order valence-electron chi connectivity index (χ4n) is 1.98. The van der Waals surface area contributed by atoms with E-state index in [-0.39, 0.29) is 5.76 Å². The number of carbonyl (C=O) groups excluding carboxylic acids is 1. The monoisotopic (exact) mass is 287 g/mol. The van der Waals surface area contributed by atoms with Gasteiger partial charge in [-0.2, -0.15) is 0 Å². The van der Waals surface area contributed by atoms with Crippen molar-refractivity contribution in [2.24, 2.45) is 0 Å². The molecular formula is C15H13NO3S. The molecule has 0 saturated carbocycles. The van der Waals surface area contributed by atoms with Gasteiger partial charge in [0.05, 0.1) is 17.2 Å². The first-order valence-electron chi connectivity index (χ1n) is 6.32. The van der Waals surface area contributed by atoms with Gasteiger partial charge in [0, 0.05) is 4.70 Å². The molecule has 2 heterocycles. The maximum absolute atomic E-state index is 11.7. The minimum absolute atomic E-state index is 0.180. The van der Waals surface area contributed by atoms with Crippen molar-refractivity contribution in [3.8, 4) is 10.8 Å². The molecule has 0 N–H and O–H groups in total. The Kier molecular flexibility index (Phi) is 3.28. The summed E-state index contributed by atoms with van der Waals surface area (Å²) < 4.78 is 11.7. The van der Waals surface area contributed by atoms with Crippen LogP contribution in [0.1, 0.15) is 23.2 Å². The van der Waals surface area contributed by atoms with Crippen LogP contribution in [0, 0.1) is 6.92 Å².